The van der Waals surface area contributed by atoms with Crippen molar-refractivity contribution >= 4 is 11.9 Å². The molecule has 0 aliphatic heterocycles. The highest BCUT2D eigenvalue weighted by Gasteiger charge is 2.34. The van der Waals surface area contributed by atoms with Crippen molar-refractivity contribution in [3.63, 3.8) is 0 Å². The lowest BCUT2D eigenvalue weighted by Gasteiger charge is -2.30. The summed E-state index contributed by atoms with van der Waals surface area (Å²) in [6.07, 6.45) is 1.77. The molecular formula is C13H25NO3. The van der Waals surface area contributed by atoms with E-state index >= 15 is 0 Å². The SMILES string of the molecule is CCCC(C)C(=O)N[C@H](C(=O)OC)C(C)(C)C. The average Bonchev–Trinajstić information content (AvgIpc) is 2.23. The molecule has 1 unspecified atom stereocenters. The first-order valence-corrected chi connectivity index (χ1v) is 6.12. The quantitative estimate of drug-likeness (QED) is 0.753. The molecule has 0 aliphatic carbocycles. The molecule has 0 saturated heterocycles. The van der Waals surface area contributed by atoms with E-state index in [9.17, 15) is 9.59 Å². The van der Waals surface area contributed by atoms with Gasteiger partial charge in [0.1, 0.15) is 6.04 Å². The lowest BCUT2D eigenvalue weighted by molar-refractivity contribution is -0.148. The minimum absolute atomic E-state index is 0.0745. The van der Waals surface area contributed by atoms with Crippen LogP contribution in [-0.4, -0.2) is 25.0 Å². The Morgan fingerprint density at radius 2 is 1.82 bits per heavy atom. The Labute approximate surface area is 104 Å². The Bertz CT molecular complexity index is 268. The molecule has 0 fully saturated rings. The van der Waals surface area contributed by atoms with Gasteiger partial charge in [-0.05, 0) is 11.8 Å². The van der Waals surface area contributed by atoms with Crippen LogP contribution in [0.3, 0.4) is 0 Å². The van der Waals surface area contributed by atoms with Crippen molar-refractivity contribution in [2.45, 2.75) is 53.5 Å². The molecule has 1 N–H and O–H groups in total. The van der Waals surface area contributed by atoms with Gasteiger partial charge in [0, 0.05) is 5.92 Å². The Morgan fingerprint density at radius 1 is 1.29 bits per heavy atom. The zero-order valence-electron chi connectivity index (χ0n) is 11.8. The Hall–Kier alpha value is -1.06. The van der Waals surface area contributed by atoms with E-state index in [0.29, 0.717) is 0 Å². The predicted molar refractivity (Wildman–Crippen MR) is 67.5 cm³/mol. The molecule has 17 heavy (non-hydrogen) atoms. The fourth-order valence-corrected chi connectivity index (χ4v) is 1.60. The second-order valence-electron chi connectivity index (χ2n) is 5.52. The van der Waals surface area contributed by atoms with Crippen LogP contribution in [0.15, 0.2) is 0 Å². The van der Waals surface area contributed by atoms with E-state index in [0.717, 1.165) is 12.8 Å². The molecule has 0 aliphatic rings. The second-order valence-corrected chi connectivity index (χ2v) is 5.52. The molecule has 4 heteroatoms. The van der Waals surface area contributed by atoms with Crippen molar-refractivity contribution in [2.75, 3.05) is 7.11 Å². The van der Waals surface area contributed by atoms with E-state index in [-0.39, 0.29) is 17.2 Å². The molecule has 0 heterocycles. The lowest BCUT2D eigenvalue weighted by atomic mass is 9.86. The molecule has 0 spiro atoms. The van der Waals surface area contributed by atoms with Gasteiger partial charge in [0.05, 0.1) is 7.11 Å². The summed E-state index contributed by atoms with van der Waals surface area (Å²) in [5.41, 5.74) is -0.352. The fraction of sp³-hybridized carbons (Fsp3) is 0.846. The third-order valence-corrected chi connectivity index (χ3v) is 2.76. The number of hydrogen-bond donors (Lipinski definition) is 1. The number of methoxy groups -OCH3 is 1. The maximum Gasteiger partial charge on any atom is 0.328 e. The molecule has 4 nitrogen and oxygen atoms in total. The van der Waals surface area contributed by atoms with E-state index in [1.54, 1.807) is 0 Å². The zero-order valence-corrected chi connectivity index (χ0v) is 11.8. The maximum atomic E-state index is 11.9. The van der Waals surface area contributed by atoms with E-state index in [1.165, 1.54) is 7.11 Å². The van der Waals surface area contributed by atoms with Crippen LogP contribution in [0.25, 0.3) is 0 Å². The van der Waals surface area contributed by atoms with Crippen LogP contribution in [0, 0.1) is 11.3 Å². The second kappa shape index (κ2) is 6.62. The van der Waals surface area contributed by atoms with Crippen molar-refractivity contribution in [2.24, 2.45) is 11.3 Å². The van der Waals surface area contributed by atoms with E-state index in [4.69, 9.17) is 4.74 Å². The summed E-state index contributed by atoms with van der Waals surface area (Å²) in [4.78, 5) is 23.5. The van der Waals surface area contributed by atoms with Gasteiger partial charge in [-0.2, -0.15) is 0 Å². The maximum absolute atomic E-state index is 11.9. The van der Waals surface area contributed by atoms with Crippen LogP contribution in [0.4, 0.5) is 0 Å². The first-order chi connectivity index (χ1) is 7.73. The number of hydrogen-bond acceptors (Lipinski definition) is 3. The smallest absolute Gasteiger partial charge is 0.328 e. The van der Waals surface area contributed by atoms with Gasteiger partial charge in [0.25, 0.3) is 0 Å². The van der Waals surface area contributed by atoms with Gasteiger partial charge in [-0.25, -0.2) is 4.79 Å². The van der Waals surface area contributed by atoms with Gasteiger partial charge in [0.15, 0.2) is 0 Å². The van der Waals surface area contributed by atoms with Crippen LogP contribution in [0.5, 0.6) is 0 Å². The van der Waals surface area contributed by atoms with Crippen molar-refractivity contribution in [1.82, 2.24) is 5.32 Å². The van der Waals surface area contributed by atoms with Crippen LogP contribution < -0.4 is 5.32 Å². The molecule has 0 radical (unpaired) electrons. The van der Waals surface area contributed by atoms with Crippen LogP contribution in [0.1, 0.15) is 47.5 Å². The van der Waals surface area contributed by atoms with Gasteiger partial charge in [-0.1, -0.05) is 41.0 Å². The minimum Gasteiger partial charge on any atom is -0.467 e. The third-order valence-electron chi connectivity index (χ3n) is 2.76. The van der Waals surface area contributed by atoms with Gasteiger partial charge in [-0.15, -0.1) is 0 Å². The summed E-state index contributed by atoms with van der Waals surface area (Å²) in [5, 5.41) is 2.78. The van der Waals surface area contributed by atoms with Crippen LogP contribution >= 0.6 is 0 Å². The summed E-state index contributed by atoms with van der Waals surface area (Å²) in [6.45, 7) is 9.61. The standard InChI is InChI=1S/C13H25NO3/c1-7-8-9(2)11(15)14-10(12(16)17-6)13(3,4)5/h9-10H,7-8H2,1-6H3,(H,14,15)/t9?,10-/m1/s1. The van der Waals surface area contributed by atoms with Crippen LogP contribution in [-0.2, 0) is 14.3 Å². The van der Waals surface area contributed by atoms with Crippen molar-refractivity contribution < 1.29 is 14.3 Å². The summed E-state index contributed by atoms with van der Waals surface area (Å²) in [6, 6.07) is -0.598. The molecule has 2 atom stereocenters. The first-order valence-electron chi connectivity index (χ1n) is 6.12. The number of esters is 1. The van der Waals surface area contributed by atoms with Gasteiger partial charge >= 0.3 is 5.97 Å². The van der Waals surface area contributed by atoms with Crippen LogP contribution in [0.2, 0.25) is 0 Å². The number of carbonyl (C=O) groups excluding carboxylic acids is 2. The van der Waals surface area contributed by atoms with Crippen molar-refractivity contribution in [1.29, 1.82) is 0 Å². The molecule has 0 aromatic carbocycles. The largest absolute Gasteiger partial charge is 0.467 e. The van der Waals surface area contributed by atoms with Gasteiger partial charge in [0.2, 0.25) is 5.91 Å². The van der Waals surface area contributed by atoms with E-state index in [1.807, 2.05) is 34.6 Å². The predicted octanol–water partition coefficient (Wildman–Crippen LogP) is 2.13. The summed E-state index contributed by atoms with van der Waals surface area (Å²) < 4.78 is 4.73. The molecule has 0 saturated carbocycles. The topological polar surface area (TPSA) is 55.4 Å². The minimum atomic E-state index is -0.598. The first kappa shape index (κ1) is 15.9. The third kappa shape index (κ3) is 5.20. The Kier molecular flexibility index (Phi) is 6.21. The number of ether oxygens (including phenoxy) is 1. The molecule has 1 amide bonds. The highest BCUT2D eigenvalue weighted by atomic mass is 16.5. The normalized spacial score (nSPS) is 14.9. The summed E-state index contributed by atoms with van der Waals surface area (Å²) >= 11 is 0. The number of rotatable bonds is 5. The van der Waals surface area contributed by atoms with Crippen molar-refractivity contribution in [3.8, 4) is 0 Å². The van der Waals surface area contributed by atoms with Gasteiger partial charge in [-0.3, -0.25) is 4.79 Å². The summed E-state index contributed by atoms with van der Waals surface area (Å²) in [5.74, 6) is -0.554. The number of amides is 1. The molecule has 0 rings (SSSR count). The zero-order chi connectivity index (χ0) is 13.6. The van der Waals surface area contributed by atoms with E-state index < -0.39 is 12.0 Å². The molecule has 0 aromatic heterocycles. The Balaban J connectivity index is 4.66. The molecule has 0 aromatic rings. The number of carbonyl (C=O) groups is 2. The molecular weight excluding hydrogens is 218 g/mol. The molecule has 0 bridgehead atoms. The number of nitrogens with one attached hydrogen (secondary N) is 1. The lowest BCUT2D eigenvalue weighted by Crippen LogP contribution is -2.51. The van der Waals surface area contributed by atoms with Crippen molar-refractivity contribution in [3.05, 3.63) is 0 Å². The van der Waals surface area contributed by atoms with Gasteiger partial charge < -0.3 is 10.1 Å². The molecule has 100 valence electrons. The highest BCUT2D eigenvalue weighted by molar-refractivity contribution is 5.86. The summed E-state index contributed by atoms with van der Waals surface area (Å²) in [7, 11) is 1.34. The average molecular weight is 243 g/mol. The van der Waals surface area contributed by atoms with E-state index in [2.05, 4.69) is 5.32 Å². The Morgan fingerprint density at radius 3 is 2.18 bits per heavy atom. The fourth-order valence-electron chi connectivity index (χ4n) is 1.60. The highest BCUT2D eigenvalue weighted by Crippen LogP contribution is 2.21. The monoisotopic (exact) mass is 243 g/mol.